The lowest BCUT2D eigenvalue weighted by atomic mass is 10.3. The molecule has 0 aliphatic heterocycles. The van der Waals surface area contributed by atoms with Gasteiger partial charge >= 0.3 is 0 Å². The van der Waals surface area contributed by atoms with Crippen LogP contribution in [0.4, 0.5) is 4.39 Å². The van der Waals surface area contributed by atoms with Crippen LogP contribution in [0.2, 0.25) is 0 Å². The monoisotopic (exact) mass is 239 g/mol. The summed E-state index contributed by atoms with van der Waals surface area (Å²) in [5.74, 6) is 0.0695. The summed E-state index contributed by atoms with van der Waals surface area (Å²) < 4.78 is 18.5. The smallest absolute Gasteiger partial charge is 0.165 e. The molecule has 0 heterocycles. The van der Waals surface area contributed by atoms with Crippen molar-refractivity contribution < 1.29 is 9.13 Å². The average Bonchev–Trinajstić information content (AvgIpc) is 2.35. The highest BCUT2D eigenvalue weighted by Crippen LogP contribution is 2.15. The Balaban J connectivity index is 1.99. The molecule has 0 fully saturated rings. The Morgan fingerprint density at radius 1 is 1.12 bits per heavy atom. The van der Waals surface area contributed by atoms with Crippen LogP contribution < -0.4 is 10.1 Å². The zero-order chi connectivity index (χ0) is 12.3. The van der Waals surface area contributed by atoms with Gasteiger partial charge in [-0.05, 0) is 44.5 Å². The summed E-state index contributed by atoms with van der Waals surface area (Å²) in [5, 5.41) is 3.37. The van der Waals surface area contributed by atoms with E-state index in [1.165, 1.54) is 18.9 Å². The lowest BCUT2D eigenvalue weighted by Gasteiger charge is -2.07. The van der Waals surface area contributed by atoms with Gasteiger partial charge in [0.1, 0.15) is 0 Å². The third-order valence-corrected chi connectivity index (χ3v) is 2.55. The molecule has 0 unspecified atom stereocenters. The Labute approximate surface area is 103 Å². The van der Waals surface area contributed by atoms with E-state index in [2.05, 4.69) is 12.2 Å². The van der Waals surface area contributed by atoms with Crippen molar-refractivity contribution in [2.45, 2.75) is 32.6 Å². The third kappa shape index (κ3) is 6.27. The lowest BCUT2D eigenvalue weighted by molar-refractivity contribution is 0.291. The molecule has 3 heteroatoms. The van der Waals surface area contributed by atoms with Crippen LogP contribution in [0.25, 0.3) is 0 Å². The molecule has 1 N–H and O–H groups in total. The zero-order valence-electron chi connectivity index (χ0n) is 10.5. The standard InChI is InChI=1S/C14H22FNO/c1-2-3-10-16-11-6-7-12-17-14-9-5-4-8-13(14)15/h4-5,8-9,16H,2-3,6-7,10-12H2,1H3. The molecule has 0 bridgehead atoms. The maximum Gasteiger partial charge on any atom is 0.165 e. The van der Waals surface area contributed by atoms with Gasteiger partial charge in [0.2, 0.25) is 0 Å². The predicted octanol–water partition coefficient (Wildman–Crippen LogP) is 3.37. The number of para-hydroxylation sites is 1. The molecular weight excluding hydrogens is 217 g/mol. The van der Waals surface area contributed by atoms with Crippen molar-refractivity contribution in [3.63, 3.8) is 0 Å². The van der Waals surface area contributed by atoms with Crippen LogP contribution in [0, 0.1) is 5.82 Å². The van der Waals surface area contributed by atoms with Gasteiger partial charge in [0, 0.05) is 0 Å². The molecule has 0 aliphatic carbocycles. The van der Waals surface area contributed by atoms with Gasteiger partial charge in [-0.2, -0.15) is 0 Å². The molecule has 0 atom stereocenters. The molecule has 17 heavy (non-hydrogen) atoms. The molecule has 0 spiro atoms. The van der Waals surface area contributed by atoms with E-state index in [0.29, 0.717) is 12.4 Å². The maximum absolute atomic E-state index is 13.2. The molecule has 96 valence electrons. The molecule has 1 aromatic carbocycles. The second-order valence-electron chi connectivity index (χ2n) is 4.09. The number of benzene rings is 1. The first-order chi connectivity index (χ1) is 8.34. The number of halogens is 1. The molecule has 0 radical (unpaired) electrons. The van der Waals surface area contributed by atoms with E-state index < -0.39 is 0 Å². The van der Waals surface area contributed by atoms with Gasteiger partial charge < -0.3 is 10.1 Å². The largest absolute Gasteiger partial charge is 0.491 e. The number of rotatable bonds is 9. The number of unbranched alkanes of at least 4 members (excludes halogenated alkanes) is 2. The van der Waals surface area contributed by atoms with Crippen LogP contribution in [0.1, 0.15) is 32.6 Å². The highest BCUT2D eigenvalue weighted by atomic mass is 19.1. The Kier molecular flexibility index (Phi) is 7.39. The van der Waals surface area contributed by atoms with Gasteiger partial charge in [0.05, 0.1) is 6.61 Å². The van der Waals surface area contributed by atoms with Gasteiger partial charge in [-0.3, -0.25) is 0 Å². The Hall–Kier alpha value is -1.09. The molecule has 0 saturated carbocycles. The zero-order valence-corrected chi connectivity index (χ0v) is 10.5. The van der Waals surface area contributed by atoms with Crippen LogP contribution in [-0.2, 0) is 0 Å². The minimum Gasteiger partial charge on any atom is -0.491 e. The highest BCUT2D eigenvalue weighted by molar-refractivity contribution is 5.23. The second-order valence-corrected chi connectivity index (χ2v) is 4.09. The van der Waals surface area contributed by atoms with Crippen molar-refractivity contribution in [1.82, 2.24) is 5.32 Å². The van der Waals surface area contributed by atoms with Crippen LogP contribution in [-0.4, -0.2) is 19.7 Å². The fourth-order valence-corrected chi connectivity index (χ4v) is 1.52. The van der Waals surface area contributed by atoms with Gasteiger partial charge in [-0.1, -0.05) is 25.5 Å². The Bertz CT molecular complexity index is 304. The summed E-state index contributed by atoms with van der Waals surface area (Å²) in [6.45, 7) is 4.87. The first kappa shape index (κ1) is 14.0. The third-order valence-electron chi connectivity index (χ3n) is 2.55. The van der Waals surface area contributed by atoms with E-state index in [1.54, 1.807) is 18.2 Å². The summed E-state index contributed by atoms with van der Waals surface area (Å²) in [6, 6.07) is 6.53. The van der Waals surface area contributed by atoms with E-state index in [4.69, 9.17) is 4.74 Å². The minimum absolute atomic E-state index is 0.284. The van der Waals surface area contributed by atoms with Crippen molar-refractivity contribution in [3.05, 3.63) is 30.1 Å². The van der Waals surface area contributed by atoms with Gasteiger partial charge in [-0.15, -0.1) is 0 Å². The molecule has 0 aromatic heterocycles. The van der Waals surface area contributed by atoms with E-state index in [9.17, 15) is 4.39 Å². The first-order valence-electron chi connectivity index (χ1n) is 6.42. The lowest BCUT2D eigenvalue weighted by Crippen LogP contribution is -2.17. The van der Waals surface area contributed by atoms with Crippen molar-refractivity contribution in [2.24, 2.45) is 0 Å². The van der Waals surface area contributed by atoms with E-state index >= 15 is 0 Å². The maximum atomic E-state index is 13.2. The van der Waals surface area contributed by atoms with Crippen molar-refractivity contribution in [3.8, 4) is 5.75 Å². The van der Waals surface area contributed by atoms with Gasteiger partial charge in [0.25, 0.3) is 0 Å². The summed E-state index contributed by atoms with van der Waals surface area (Å²) in [5.41, 5.74) is 0. The molecular formula is C14H22FNO. The van der Waals surface area contributed by atoms with Crippen LogP contribution >= 0.6 is 0 Å². The van der Waals surface area contributed by atoms with E-state index in [1.807, 2.05) is 0 Å². The number of hydrogen-bond donors (Lipinski definition) is 1. The fraction of sp³-hybridized carbons (Fsp3) is 0.571. The van der Waals surface area contributed by atoms with E-state index in [-0.39, 0.29) is 5.82 Å². The molecule has 1 aromatic rings. The molecule has 1 rings (SSSR count). The number of ether oxygens (including phenoxy) is 1. The quantitative estimate of drug-likeness (QED) is 0.667. The van der Waals surface area contributed by atoms with Crippen LogP contribution in [0.5, 0.6) is 5.75 Å². The van der Waals surface area contributed by atoms with Gasteiger partial charge in [-0.25, -0.2) is 4.39 Å². The van der Waals surface area contributed by atoms with Crippen molar-refractivity contribution in [2.75, 3.05) is 19.7 Å². The van der Waals surface area contributed by atoms with Crippen LogP contribution in [0.15, 0.2) is 24.3 Å². The average molecular weight is 239 g/mol. The van der Waals surface area contributed by atoms with Crippen molar-refractivity contribution >= 4 is 0 Å². The summed E-state index contributed by atoms with van der Waals surface area (Å²) in [6.07, 6.45) is 4.47. The molecule has 0 aliphatic rings. The summed E-state index contributed by atoms with van der Waals surface area (Å²) >= 11 is 0. The molecule has 2 nitrogen and oxygen atoms in total. The van der Waals surface area contributed by atoms with E-state index in [0.717, 1.165) is 25.9 Å². The number of hydrogen-bond acceptors (Lipinski definition) is 2. The Morgan fingerprint density at radius 3 is 2.65 bits per heavy atom. The summed E-state index contributed by atoms with van der Waals surface area (Å²) in [4.78, 5) is 0. The highest BCUT2D eigenvalue weighted by Gasteiger charge is 2.00. The topological polar surface area (TPSA) is 21.3 Å². The minimum atomic E-state index is -0.284. The first-order valence-corrected chi connectivity index (χ1v) is 6.42. The van der Waals surface area contributed by atoms with Crippen LogP contribution in [0.3, 0.4) is 0 Å². The molecule has 0 amide bonds. The fourth-order valence-electron chi connectivity index (χ4n) is 1.52. The number of nitrogens with one attached hydrogen (secondary N) is 1. The molecule has 0 saturated heterocycles. The Morgan fingerprint density at radius 2 is 1.88 bits per heavy atom. The normalized spacial score (nSPS) is 10.5. The second kappa shape index (κ2) is 8.99. The van der Waals surface area contributed by atoms with Gasteiger partial charge in [0.15, 0.2) is 11.6 Å². The van der Waals surface area contributed by atoms with Crippen molar-refractivity contribution in [1.29, 1.82) is 0 Å². The SMILES string of the molecule is CCCCNCCCCOc1ccccc1F. The predicted molar refractivity (Wildman–Crippen MR) is 68.9 cm³/mol. The summed E-state index contributed by atoms with van der Waals surface area (Å²) in [7, 11) is 0.